The van der Waals surface area contributed by atoms with Crippen LogP contribution in [-0.4, -0.2) is 32.2 Å². The lowest BCUT2D eigenvalue weighted by atomic mass is 9.85. The van der Waals surface area contributed by atoms with Gasteiger partial charge in [-0.25, -0.2) is 8.42 Å². The summed E-state index contributed by atoms with van der Waals surface area (Å²) >= 11 is 0. The van der Waals surface area contributed by atoms with Gasteiger partial charge in [-0.2, -0.15) is 0 Å². The molecule has 1 aromatic carbocycles. The second-order valence-corrected chi connectivity index (χ2v) is 8.80. The Morgan fingerprint density at radius 1 is 1.30 bits per heavy atom. The fourth-order valence-corrected chi connectivity index (χ4v) is 4.61. The Kier molecular flexibility index (Phi) is 4.73. The fraction of sp³-hybridized carbons (Fsp3) is 0.588. The molecule has 0 unspecified atom stereocenters. The van der Waals surface area contributed by atoms with Crippen LogP contribution >= 0.6 is 0 Å². The molecule has 1 aliphatic carbocycles. The van der Waals surface area contributed by atoms with E-state index in [0.29, 0.717) is 17.6 Å². The predicted molar refractivity (Wildman–Crippen MR) is 90.1 cm³/mol. The van der Waals surface area contributed by atoms with Crippen LogP contribution in [0.1, 0.15) is 39.0 Å². The number of hydrogen-bond donors (Lipinski definition) is 2. The van der Waals surface area contributed by atoms with Gasteiger partial charge in [0.25, 0.3) is 0 Å². The van der Waals surface area contributed by atoms with Crippen molar-refractivity contribution in [1.82, 2.24) is 5.32 Å². The minimum absolute atomic E-state index is 0.0535. The van der Waals surface area contributed by atoms with Gasteiger partial charge in [0.15, 0.2) is 9.84 Å². The van der Waals surface area contributed by atoms with Crippen molar-refractivity contribution in [2.75, 3.05) is 11.1 Å². The smallest absolute Gasteiger partial charge is 0.241 e. The van der Waals surface area contributed by atoms with Gasteiger partial charge >= 0.3 is 0 Å². The van der Waals surface area contributed by atoms with Crippen molar-refractivity contribution >= 4 is 21.4 Å². The maximum absolute atomic E-state index is 12.5. The summed E-state index contributed by atoms with van der Waals surface area (Å²) in [5.74, 6) is 0.592. The average Bonchev–Trinajstić information content (AvgIpc) is 2.99. The minimum Gasteiger partial charge on any atom is -0.325 e. The molecule has 6 heteroatoms. The lowest BCUT2D eigenvalue weighted by Crippen LogP contribution is -2.39. The van der Waals surface area contributed by atoms with E-state index in [0.717, 1.165) is 12.8 Å². The maximum Gasteiger partial charge on any atom is 0.241 e. The third kappa shape index (κ3) is 3.58. The van der Waals surface area contributed by atoms with Crippen LogP contribution in [0.25, 0.3) is 0 Å². The van der Waals surface area contributed by atoms with E-state index in [1.165, 1.54) is 19.3 Å². The molecule has 23 heavy (non-hydrogen) atoms. The molecule has 1 saturated carbocycles. The molecular weight excluding hydrogens is 312 g/mol. The molecule has 2 fully saturated rings. The monoisotopic (exact) mass is 336 g/mol. The van der Waals surface area contributed by atoms with Crippen molar-refractivity contribution in [1.29, 1.82) is 0 Å². The quantitative estimate of drug-likeness (QED) is 0.885. The van der Waals surface area contributed by atoms with E-state index in [9.17, 15) is 13.2 Å². The van der Waals surface area contributed by atoms with E-state index >= 15 is 0 Å². The first-order chi connectivity index (χ1) is 11.0. The van der Waals surface area contributed by atoms with Crippen LogP contribution < -0.4 is 10.6 Å². The lowest BCUT2D eigenvalue weighted by Gasteiger charge is -2.24. The van der Waals surface area contributed by atoms with Crippen LogP contribution in [0.2, 0.25) is 0 Å². The van der Waals surface area contributed by atoms with Crippen LogP contribution in [-0.2, 0) is 14.6 Å². The third-order valence-electron chi connectivity index (χ3n) is 5.02. The standard InChI is InChI=1S/C17H24N2O3S/c1-2-23(21,22)14-8-5-7-13(11-14)18-17(20)16-10-12-6-3-4-9-15(12)19-16/h5,7-8,11-12,15-16,19H,2-4,6,9-10H2,1H3,(H,18,20)/t12-,15+,16+/m1/s1. The molecule has 2 N–H and O–H groups in total. The van der Waals surface area contributed by atoms with Crippen molar-refractivity contribution in [3.05, 3.63) is 24.3 Å². The topological polar surface area (TPSA) is 75.3 Å². The molecule has 0 radical (unpaired) electrons. The van der Waals surface area contributed by atoms with Gasteiger partial charge in [-0.1, -0.05) is 25.8 Å². The van der Waals surface area contributed by atoms with E-state index in [4.69, 9.17) is 0 Å². The summed E-state index contributed by atoms with van der Waals surface area (Å²) in [6.07, 6.45) is 5.72. The van der Waals surface area contributed by atoms with Crippen LogP contribution in [0.4, 0.5) is 5.69 Å². The molecule has 0 spiro atoms. The second-order valence-electron chi connectivity index (χ2n) is 6.53. The summed E-state index contributed by atoms with van der Waals surface area (Å²) in [7, 11) is -3.26. The van der Waals surface area contributed by atoms with E-state index in [1.54, 1.807) is 31.2 Å². The van der Waals surface area contributed by atoms with E-state index in [2.05, 4.69) is 10.6 Å². The average molecular weight is 336 g/mol. The Labute approximate surface area is 137 Å². The van der Waals surface area contributed by atoms with Crippen molar-refractivity contribution in [2.45, 2.75) is 56.0 Å². The molecule has 2 aliphatic rings. The molecular formula is C17H24N2O3S. The van der Waals surface area contributed by atoms with Crippen LogP contribution in [0.5, 0.6) is 0 Å². The number of hydrogen-bond acceptors (Lipinski definition) is 4. The molecule has 1 aliphatic heterocycles. The fourth-order valence-electron chi connectivity index (χ4n) is 3.68. The van der Waals surface area contributed by atoms with Crippen molar-refractivity contribution in [3.8, 4) is 0 Å². The lowest BCUT2D eigenvalue weighted by molar-refractivity contribution is -0.117. The number of rotatable bonds is 4. The molecule has 1 aromatic rings. The van der Waals surface area contributed by atoms with Gasteiger partial charge in [0.2, 0.25) is 5.91 Å². The Hall–Kier alpha value is -1.40. The van der Waals surface area contributed by atoms with E-state index < -0.39 is 9.84 Å². The first-order valence-electron chi connectivity index (χ1n) is 8.39. The summed E-state index contributed by atoms with van der Waals surface area (Å²) in [6.45, 7) is 1.62. The van der Waals surface area contributed by atoms with E-state index in [1.807, 2.05) is 0 Å². The predicted octanol–water partition coefficient (Wildman–Crippen LogP) is 2.34. The number of fused-ring (bicyclic) bond motifs is 1. The third-order valence-corrected chi connectivity index (χ3v) is 6.75. The Morgan fingerprint density at radius 2 is 2.09 bits per heavy atom. The summed E-state index contributed by atoms with van der Waals surface area (Å²) < 4.78 is 23.9. The second kappa shape index (κ2) is 6.61. The number of carbonyl (C=O) groups is 1. The van der Waals surface area contributed by atoms with Gasteiger partial charge in [-0.05, 0) is 43.4 Å². The first kappa shape index (κ1) is 16.5. The Morgan fingerprint density at radius 3 is 2.83 bits per heavy atom. The summed E-state index contributed by atoms with van der Waals surface area (Å²) in [5.41, 5.74) is 0.543. The van der Waals surface area contributed by atoms with Crippen molar-refractivity contribution < 1.29 is 13.2 Å². The minimum atomic E-state index is -3.26. The van der Waals surface area contributed by atoms with Crippen molar-refractivity contribution in [3.63, 3.8) is 0 Å². The van der Waals surface area contributed by atoms with Gasteiger partial charge < -0.3 is 10.6 Å². The highest BCUT2D eigenvalue weighted by Crippen LogP contribution is 2.33. The van der Waals surface area contributed by atoms with Crippen LogP contribution in [0.3, 0.4) is 0 Å². The zero-order chi connectivity index (χ0) is 16.4. The normalized spacial score (nSPS) is 27.4. The van der Waals surface area contributed by atoms with Gasteiger partial charge in [0.1, 0.15) is 0 Å². The highest BCUT2D eigenvalue weighted by Gasteiger charge is 2.38. The Bertz CT molecular complexity index is 673. The molecule has 3 rings (SSSR count). The van der Waals surface area contributed by atoms with Gasteiger partial charge in [-0.3, -0.25) is 4.79 Å². The molecule has 126 valence electrons. The number of amides is 1. The zero-order valence-corrected chi connectivity index (χ0v) is 14.2. The van der Waals surface area contributed by atoms with E-state index in [-0.39, 0.29) is 22.6 Å². The van der Waals surface area contributed by atoms with Gasteiger partial charge in [-0.15, -0.1) is 0 Å². The van der Waals surface area contributed by atoms with Gasteiger partial charge in [0.05, 0.1) is 16.7 Å². The molecule has 1 amide bonds. The first-order valence-corrected chi connectivity index (χ1v) is 10.0. The maximum atomic E-state index is 12.5. The summed E-state index contributed by atoms with van der Waals surface area (Å²) in [5, 5.41) is 6.30. The number of anilines is 1. The molecule has 1 heterocycles. The molecule has 0 aromatic heterocycles. The number of benzene rings is 1. The largest absolute Gasteiger partial charge is 0.325 e. The van der Waals surface area contributed by atoms with Crippen LogP contribution in [0.15, 0.2) is 29.2 Å². The molecule has 3 atom stereocenters. The molecule has 5 nitrogen and oxygen atoms in total. The van der Waals surface area contributed by atoms with Crippen molar-refractivity contribution in [2.24, 2.45) is 5.92 Å². The summed E-state index contributed by atoms with van der Waals surface area (Å²) in [6, 6.07) is 6.80. The number of nitrogens with one attached hydrogen (secondary N) is 2. The van der Waals surface area contributed by atoms with Crippen LogP contribution in [0, 0.1) is 5.92 Å². The molecule has 0 bridgehead atoms. The Balaban J connectivity index is 1.68. The molecule has 1 saturated heterocycles. The number of sulfone groups is 1. The SMILES string of the molecule is CCS(=O)(=O)c1cccc(NC(=O)[C@@H]2C[C@H]3CCCC[C@@H]3N2)c1. The highest BCUT2D eigenvalue weighted by atomic mass is 32.2. The number of carbonyl (C=O) groups excluding carboxylic acids is 1. The summed E-state index contributed by atoms with van der Waals surface area (Å²) in [4.78, 5) is 12.7. The van der Waals surface area contributed by atoms with Gasteiger partial charge in [0, 0.05) is 11.7 Å². The zero-order valence-electron chi connectivity index (χ0n) is 13.4. The highest BCUT2D eigenvalue weighted by molar-refractivity contribution is 7.91.